The van der Waals surface area contributed by atoms with Gasteiger partial charge in [-0.2, -0.15) is 0 Å². The van der Waals surface area contributed by atoms with E-state index < -0.39 is 0 Å². The van der Waals surface area contributed by atoms with Gasteiger partial charge in [-0.1, -0.05) is 46.3 Å². The van der Waals surface area contributed by atoms with Crippen LogP contribution in [-0.4, -0.2) is 5.97 Å². The maximum absolute atomic E-state index is 12.0. The molecule has 0 atom stereocenters. The predicted molar refractivity (Wildman–Crippen MR) is 83.0 cm³/mol. The van der Waals surface area contributed by atoms with Crippen molar-refractivity contribution < 1.29 is 9.53 Å². The summed E-state index contributed by atoms with van der Waals surface area (Å²) < 4.78 is 6.32. The standard InChI is InChI=1S/C17H11BrO2/c18-15-8-5-13(6-9-15)17(19)20-16-10-7-12-3-1-2-4-14(12)11-16/h1-11H. The number of rotatable bonds is 2. The molecule has 0 N–H and O–H groups in total. The first-order valence-electron chi connectivity index (χ1n) is 6.19. The molecule has 0 aliphatic rings. The minimum Gasteiger partial charge on any atom is -0.423 e. The van der Waals surface area contributed by atoms with E-state index in [1.54, 1.807) is 18.2 Å². The van der Waals surface area contributed by atoms with Crippen molar-refractivity contribution in [3.05, 3.63) is 76.8 Å². The zero-order chi connectivity index (χ0) is 13.9. The summed E-state index contributed by atoms with van der Waals surface area (Å²) in [6.45, 7) is 0. The van der Waals surface area contributed by atoms with E-state index in [9.17, 15) is 4.79 Å². The maximum Gasteiger partial charge on any atom is 0.343 e. The van der Waals surface area contributed by atoms with Crippen LogP contribution in [0.15, 0.2) is 71.2 Å². The average Bonchev–Trinajstić information content (AvgIpc) is 2.48. The van der Waals surface area contributed by atoms with Crippen molar-refractivity contribution in [1.82, 2.24) is 0 Å². The fourth-order valence-electron chi connectivity index (χ4n) is 1.98. The summed E-state index contributed by atoms with van der Waals surface area (Å²) in [5.41, 5.74) is 0.529. The van der Waals surface area contributed by atoms with Crippen LogP contribution in [0.5, 0.6) is 5.75 Å². The predicted octanol–water partition coefficient (Wildman–Crippen LogP) is 4.82. The van der Waals surface area contributed by atoms with Gasteiger partial charge in [0.15, 0.2) is 0 Å². The summed E-state index contributed by atoms with van der Waals surface area (Å²) in [6.07, 6.45) is 0. The SMILES string of the molecule is O=C(Oc1ccc2ccccc2c1)c1ccc(Br)cc1. The monoisotopic (exact) mass is 326 g/mol. The third kappa shape index (κ3) is 2.73. The highest BCUT2D eigenvalue weighted by Crippen LogP contribution is 2.21. The first kappa shape index (κ1) is 12.9. The molecule has 0 aromatic heterocycles. The second-order valence-corrected chi connectivity index (χ2v) is 5.32. The fourth-order valence-corrected chi connectivity index (χ4v) is 2.25. The highest BCUT2D eigenvalue weighted by molar-refractivity contribution is 9.10. The molecule has 98 valence electrons. The Labute approximate surface area is 125 Å². The molecular formula is C17H11BrO2. The number of ether oxygens (including phenoxy) is 1. The average molecular weight is 327 g/mol. The lowest BCUT2D eigenvalue weighted by atomic mass is 10.1. The second-order valence-electron chi connectivity index (χ2n) is 4.41. The highest BCUT2D eigenvalue weighted by atomic mass is 79.9. The largest absolute Gasteiger partial charge is 0.423 e. The van der Waals surface area contributed by atoms with Crippen molar-refractivity contribution in [1.29, 1.82) is 0 Å². The molecule has 0 aliphatic heterocycles. The molecule has 0 bridgehead atoms. The number of hydrogen-bond acceptors (Lipinski definition) is 2. The van der Waals surface area contributed by atoms with Crippen molar-refractivity contribution in [2.45, 2.75) is 0 Å². The summed E-state index contributed by atoms with van der Waals surface area (Å²) in [4.78, 5) is 12.0. The number of carbonyl (C=O) groups excluding carboxylic acids is 1. The van der Waals surface area contributed by atoms with Gasteiger partial charge in [-0.15, -0.1) is 0 Å². The first-order valence-corrected chi connectivity index (χ1v) is 6.98. The number of carbonyl (C=O) groups is 1. The van der Waals surface area contributed by atoms with E-state index in [1.165, 1.54) is 0 Å². The molecule has 3 aromatic carbocycles. The number of fused-ring (bicyclic) bond motifs is 1. The molecule has 3 rings (SSSR count). The van der Waals surface area contributed by atoms with Gasteiger partial charge in [-0.05, 0) is 47.2 Å². The quantitative estimate of drug-likeness (QED) is 0.498. The number of benzene rings is 3. The number of halogens is 1. The van der Waals surface area contributed by atoms with Gasteiger partial charge in [0, 0.05) is 4.47 Å². The number of esters is 1. The molecule has 0 heterocycles. The van der Waals surface area contributed by atoms with Crippen molar-refractivity contribution in [3.8, 4) is 5.75 Å². The maximum atomic E-state index is 12.0. The molecule has 0 saturated heterocycles. The molecule has 20 heavy (non-hydrogen) atoms. The van der Waals surface area contributed by atoms with Crippen molar-refractivity contribution in [2.24, 2.45) is 0 Å². The molecule has 0 saturated carbocycles. The zero-order valence-corrected chi connectivity index (χ0v) is 12.1. The van der Waals surface area contributed by atoms with Gasteiger partial charge in [0.05, 0.1) is 5.56 Å². The van der Waals surface area contributed by atoms with E-state index >= 15 is 0 Å². The van der Waals surface area contributed by atoms with Crippen LogP contribution in [0.3, 0.4) is 0 Å². The summed E-state index contributed by atoms with van der Waals surface area (Å²) >= 11 is 3.34. The molecule has 2 nitrogen and oxygen atoms in total. The van der Waals surface area contributed by atoms with Crippen LogP contribution in [0, 0.1) is 0 Å². The molecule has 3 aromatic rings. The van der Waals surface area contributed by atoms with Gasteiger partial charge >= 0.3 is 5.97 Å². The Morgan fingerprint density at radius 3 is 2.30 bits per heavy atom. The van der Waals surface area contributed by atoms with Crippen LogP contribution >= 0.6 is 15.9 Å². The highest BCUT2D eigenvalue weighted by Gasteiger charge is 2.08. The Morgan fingerprint density at radius 1 is 0.850 bits per heavy atom. The lowest BCUT2D eigenvalue weighted by Gasteiger charge is -2.06. The van der Waals surface area contributed by atoms with Gasteiger partial charge < -0.3 is 4.74 Å². The van der Waals surface area contributed by atoms with E-state index in [2.05, 4.69) is 15.9 Å². The lowest BCUT2D eigenvalue weighted by Crippen LogP contribution is -2.08. The van der Waals surface area contributed by atoms with Crippen LogP contribution in [-0.2, 0) is 0 Å². The molecule has 0 amide bonds. The van der Waals surface area contributed by atoms with Gasteiger partial charge in [0.25, 0.3) is 0 Å². The Kier molecular flexibility index (Phi) is 3.52. The summed E-state index contributed by atoms with van der Waals surface area (Å²) in [5, 5.41) is 2.17. The van der Waals surface area contributed by atoms with E-state index in [-0.39, 0.29) is 5.97 Å². The minimum atomic E-state index is -0.354. The molecule has 0 fully saturated rings. The molecule has 3 heteroatoms. The van der Waals surface area contributed by atoms with Crippen LogP contribution in [0.1, 0.15) is 10.4 Å². The summed E-state index contributed by atoms with van der Waals surface area (Å²) in [7, 11) is 0. The summed E-state index contributed by atoms with van der Waals surface area (Å²) in [6, 6.07) is 20.7. The van der Waals surface area contributed by atoms with Gasteiger partial charge in [0.2, 0.25) is 0 Å². The first-order chi connectivity index (χ1) is 9.72. The topological polar surface area (TPSA) is 26.3 Å². The van der Waals surface area contributed by atoms with Crippen molar-refractivity contribution in [3.63, 3.8) is 0 Å². The smallest absolute Gasteiger partial charge is 0.343 e. The van der Waals surface area contributed by atoms with Crippen LogP contribution in [0.25, 0.3) is 10.8 Å². The zero-order valence-electron chi connectivity index (χ0n) is 10.5. The van der Waals surface area contributed by atoms with Crippen molar-refractivity contribution in [2.75, 3.05) is 0 Å². The van der Waals surface area contributed by atoms with Crippen molar-refractivity contribution >= 4 is 32.7 Å². The Morgan fingerprint density at radius 2 is 1.55 bits per heavy atom. The van der Waals surface area contributed by atoms with E-state index in [1.807, 2.05) is 48.5 Å². The van der Waals surface area contributed by atoms with Crippen LogP contribution in [0.2, 0.25) is 0 Å². The number of hydrogen-bond donors (Lipinski definition) is 0. The van der Waals surface area contributed by atoms with Gasteiger partial charge in [-0.3, -0.25) is 0 Å². The van der Waals surface area contributed by atoms with E-state index in [0.29, 0.717) is 11.3 Å². The Balaban J connectivity index is 1.85. The molecule has 0 aliphatic carbocycles. The Hall–Kier alpha value is -2.13. The Bertz CT molecular complexity index is 763. The van der Waals surface area contributed by atoms with Crippen LogP contribution in [0.4, 0.5) is 0 Å². The lowest BCUT2D eigenvalue weighted by molar-refractivity contribution is 0.0735. The van der Waals surface area contributed by atoms with E-state index in [0.717, 1.165) is 15.2 Å². The molecule has 0 unspecified atom stereocenters. The fraction of sp³-hybridized carbons (Fsp3) is 0. The third-order valence-electron chi connectivity index (χ3n) is 3.01. The second kappa shape index (κ2) is 5.47. The van der Waals surface area contributed by atoms with Gasteiger partial charge in [0.1, 0.15) is 5.75 Å². The molecule has 0 radical (unpaired) electrons. The minimum absolute atomic E-state index is 0.354. The van der Waals surface area contributed by atoms with Crippen LogP contribution < -0.4 is 4.74 Å². The molecule has 0 spiro atoms. The summed E-state index contributed by atoms with van der Waals surface area (Å²) in [5.74, 6) is 0.199. The normalized spacial score (nSPS) is 10.4. The van der Waals surface area contributed by atoms with Gasteiger partial charge in [-0.25, -0.2) is 4.79 Å². The molecular weight excluding hydrogens is 316 g/mol. The third-order valence-corrected chi connectivity index (χ3v) is 3.54. The van der Waals surface area contributed by atoms with E-state index in [4.69, 9.17) is 4.74 Å².